The van der Waals surface area contributed by atoms with Crippen molar-refractivity contribution in [2.24, 2.45) is 0 Å². The third-order valence-corrected chi connectivity index (χ3v) is 4.84. The maximum atomic E-state index is 13.4. The predicted molar refractivity (Wildman–Crippen MR) is 116 cm³/mol. The molecule has 3 rings (SSSR count). The van der Waals surface area contributed by atoms with Gasteiger partial charge >= 0.3 is 12.1 Å². The summed E-state index contributed by atoms with van der Waals surface area (Å²) >= 11 is 0. The molecule has 5 nitrogen and oxygen atoms in total. The normalized spacial score (nSPS) is 12.2. The van der Waals surface area contributed by atoms with Crippen molar-refractivity contribution in [3.63, 3.8) is 0 Å². The number of ether oxygens (including phenoxy) is 2. The molecule has 0 fully saturated rings. The van der Waals surface area contributed by atoms with Crippen LogP contribution in [0.25, 0.3) is 11.1 Å². The number of aliphatic hydroxyl groups is 1. The van der Waals surface area contributed by atoms with Crippen molar-refractivity contribution in [3.8, 4) is 22.6 Å². The summed E-state index contributed by atoms with van der Waals surface area (Å²) in [5.41, 5.74) is 1.16. The van der Waals surface area contributed by atoms with Gasteiger partial charge in [0.25, 0.3) is 0 Å². The number of halogens is 3. The molecule has 0 saturated carbocycles. The van der Waals surface area contributed by atoms with Crippen molar-refractivity contribution >= 4 is 5.97 Å². The number of carboxylic acids is 1. The van der Waals surface area contributed by atoms with E-state index in [1.54, 1.807) is 0 Å². The fourth-order valence-electron chi connectivity index (χ4n) is 3.17. The highest BCUT2D eigenvalue weighted by Crippen LogP contribution is 2.37. The number of aliphatic carboxylic acids is 1. The molecule has 33 heavy (non-hydrogen) atoms. The second-order valence-corrected chi connectivity index (χ2v) is 7.33. The molecule has 1 unspecified atom stereocenters. The Morgan fingerprint density at radius 1 is 0.879 bits per heavy atom. The fourth-order valence-corrected chi connectivity index (χ4v) is 3.17. The molecule has 174 valence electrons. The zero-order valence-corrected chi connectivity index (χ0v) is 17.6. The smallest absolute Gasteiger partial charge is 0.419 e. The summed E-state index contributed by atoms with van der Waals surface area (Å²) in [5.74, 6) is -1.21. The molecule has 0 spiro atoms. The fraction of sp³-hybridized carbons (Fsp3) is 0.240. The lowest BCUT2D eigenvalue weighted by Gasteiger charge is -2.16. The summed E-state index contributed by atoms with van der Waals surface area (Å²) in [6.07, 6.45) is -6.54. The molecule has 0 aliphatic heterocycles. The Hall–Kier alpha value is -3.52. The molecule has 0 aliphatic rings. The Bertz CT molecular complexity index is 1050. The minimum Gasteiger partial charge on any atom is -0.493 e. The molecular weight excluding hydrogens is 437 g/mol. The van der Waals surface area contributed by atoms with Crippen LogP contribution < -0.4 is 9.47 Å². The highest BCUT2D eigenvalue weighted by molar-refractivity contribution is 5.72. The molecule has 1 atom stereocenters. The molecule has 0 bridgehead atoms. The van der Waals surface area contributed by atoms with Gasteiger partial charge < -0.3 is 19.7 Å². The maximum Gasteiger partial charge on any atom is 0.419 e. The van der Waals surface area contributed by atoms with Gasteiger partial charge in [-0.2, -0.15) is 13.2 Å². The van der Waals surface area contributed by atoms with Crippen LogP contribution in [0.3, 0.4) is 0 Å². The van der Waals surface area contributed by atoms with Crippen LogP contribution in [0, 0.1) is 0 Å². The first-order valence-electron chi connectivity index (χ1n) is 10.3. The van der Waals surface area contributed by atoms with Gasteiger partial charge in [0.05, 0.1) is 18.8 Å². The first-order chi connectivity index (χ1) is 15.7. The molecule has 0 radical (unpaired) electrons. The molecule has 0 aliphatic carbocycles. The molecule has 8 heteroatoms. The SMILES string of the molecule is O=C(O)C(O)Cc1ccc(OCCCOc2ccc(-c3ccccc3)cc2)c(C(F)(F)F)c1. The summed E-state index contributed by atoms with van der Waals surface area (Å²) in [7, 11) is 0. The molecule has 0 amide bonds. The van der Waals surface area contributed by atoms with E-state index >= 15 is 0 Å². The third-order valence-electron chi connectivity index (χ3n) is 4.84. The first-order valence-corrected chi connectivity index (χ1v) is 10.3. The monoisotopic (exact) mass is 460 g/mol. The van der Waals surface area contributed by atoms with E-state index < -0.39 is 30.2 Å². The first kappa shape index (κ1) is 24.1. The Morgan fingerprint density at radius 3 is 2.15 bits per heavy atom. The lowest BCUT2D eigenvalue weighted by atomic mass is 10.0. The summed E-state index contributed by atoms with van der Waals surface area (Å²) in [4.78, 5) is 10.7. The highest BCUT2D eigenvalue weighted by atomic mass is 19.4. The second-order valence-electron chi connectivity index (χ2n) is 7.33. The molecule has 3 aromatic rings. The van der Waals surface area contributed by atoms with Crippen molar-refractivity contribution in [2.45, 2.75) is 25.1 Å². The lowest BCUT2D eigenvalue weighted by molar-refractivity contribution is -0.146. The van der Waals surface area contributed by atoms with Crippen LogP contribution in [0.5, 0.6) is 11.5 Å². The average Bonchev–Trinajstić information content (AvgIpc) is 2.80. The standard InChI is InChI=1S/C25H23F3O5/c26-25(27,28)21-15-17(16-22(29)24(30)31)7-12-23(21)33-14-4-13-32-20-10-8-19(9-11-20)18-5-2-1-3-6-18/h1-3,5-12,15,22,29H,4,13-14,16H2,(H,30,31). The van der Waals surface area contributed by atoms with Crippen molar-refractivity contribution in [1.82, 2.24) is 0 Å². The zero-order chi connectivity index (χ0) is 23.8. The van der Waals surface area contributed by atoms with Crippen LogP contribution >= 0.6 is 0 Å². The Balaban J connectivity index is 1.52. The lowest BCUT2D eigenvalue weighted by Crippen LogP contribution is -2.22. The maximum absolute atomic E-state index is 13.4. The Kier molecular flexibility index (Phi) is 7.95. The van der Waals surface area contributed by atoms with Crippen molar-refractivity contribution in [2.75, 3.05) is 13.2 Å². The van der Waals surface area contributed by atoms with E-state index in [0.29, 0.717) is 12.2 Å². The molecule has 0 aromatic heterocycles. The third kappa shape index (κ3) is 6.98. The number of hydrogen-bond acceptors (Lipinski definition) is 4. The number of carboxylic acid groups (broad SMARTS) is 1. The van der Waals surface area contributed by atoms with Crippen LogP contribution in [-0.2, 0) is 17.4 Å². The Morgan fingerprint density at radius 2 is 1.52 bits per heavy atom. The molecule has 3 aromatic carbocycles. The van der Waals surface area contributed by atoms with Gasteiger partial charge in [-0.25, -0.2) is 4.79 Å². The van der Waals surface area contributed by atoms with Gasteiger partial charge in [0, 0.05) is 12.8 Å². The highest BCUT2D eigenvalue weighted by Gasteiger charge is 2.35. The van der Waals surface area contributed by atoms with Crippen LogP contribution in [0.4, 0.5) is 13.2 Å². The van der Waals surface area contributed by atoms with Gasteiger partial charge in [-0.3, -0.25) is 0 Å². The van der Waals surface area contributed by atoms with Gasteiger partial charge in [-0.05, 0) is 41.0 Å². The van der Waals surface area contributed by atoms with Crippen molar-refractivity contribution < 1.29 is 37.7 Å². The molecule has 0 saturated heterocycles. The van der Waals surface area contributed by atoms with E-state index in [1.807, 2.05) is 54.6 Å². The molecular formula is C25H23F3O5. The minimum absolute atomic E-state index is 0.00226. The molecule has 2 N–H and O–H groups in total. The number of carbonyl (C=O) groups is 1. The summed E-state index contributed by atoms with van der Waals surface area (Å²) in [5, 5.41) is 18.1. The van der Waals surface area contributed by atoms with Crippen LogP contribution in [0.2, 0.25) is 0 Å². The van der Waals surface area contributed by atoms with Crippen LogP contribution in [0.15, 0.2) is 72.8 Å². The van der Waals surface area contributed by atoms with Crippen molar-refractivity contribution in [3.05, 3.63) is 83.9 Å². The molecule has 0 heterocycles. The average molecular weight is 460 g/mol. The number of hydrogen-bond donors (Lipinski definition) is 2. The Labute approximate surface area is 189 Å². The number of benzene rings is 3. The van der Waals surface area contributed by atoms with E-state index in [9.17, 15) is 23.1 Å². The van der Waals surface area contributed by atoms with Crippen molar-refractivity contribution in [1.29, 1.82) is 0 Å². The zero-order valence-electron chi connectivity index (χ0n) is 17.6. The van der Waals surface area contributed by atoms with Gasteiger partial charge in [-0.15, -0.1) is 0 Å². The van der Waals surface area contributed by atoms with Gasteiger partial charge in [0.15, 0.2) is 6.10 Å². The van der Waals surface area contributed by atoms with E-state index in [1.165, 1.54) is 6.07 Å². The van der Waals surface area contributed by atoms with E-state index in [4.69, 9.17) is 14.6 Å². The van der Waals surface area contributed by atoms with E-state index in [2.05, 4.69) is 0 Å². The largest absolute Gasteiger partial charge is 0.493 e. The van der Waals surface area contributed by atoms with Crippen LogP contribution in [0.1, 0.15) is 17.5 Å². The summed E-state index contributed by atoms with van der Waals surface area (Å²) in [6.45, 7) is 0.261. The number of rotatable bonds is 10. The van der Waals surface area contributed by atoms with Crippen LogP contribution in [-0.4, -0.2) is 35.5 Å². The summed E-state index contributed by atoms with van der Waals surface area (Å²) < 4.78 is 51.1. The number of aliphatic hydroxyl groups excluding tert-OH is 1. The van der Waals surface area contributed by atoms with Gasteiger partial charge in [0.1, 0.15) is 11.5 Å². The second kappa shape index (κ2) is 10.9. The van der Waals surface area contributed by atoms with Gasteiger partial charge in [-0.1, -0.05) is 48.5 Å². The van der Waals surface area contributed by atoms with E-state index in [0.717, 1.165) is 23.3 Å². The van der Waals surface area contributed by atoms with Gasteiger partial charge in [0.2, 0.25) is 0 Å². The number of alkyl halides is 3. The predicted octanol–water partition coefficient (Wildman–Crippen LogP) is 5.21. The summed E-state index contributed by atoms with van der Waals surface area (Å²) in [6, 6.07) is 20.6. The topological polar surface area (TPSA) is 76.0 Å². The quantitative estimate of drug-likeness (QED) is 0.407. The van der Waals surface area contributed by atoms with E-state index in [-0.39, 0.29) is 24.5 Å². The minimum atomic E-state index is -4.68.